The van der Waals surface area contributed by atoms with Gasteiger partial charge in [-0.3, -0.25) is 9.98 Å². The van der Waals surface area contributed by atoms with E-state index >= 15 is 0 Å². The second kappa shape index (κ2) is 19.8. The van der Waals surface area contributed by atoms with E-state index in [-0.39, 0.29) is 0 Å². The zero-order chi connectivity index (χ0) is 29.9. The summed E-state index contributed by atoms with van der Waals surface area (Å²) in [5.74, 6) is 0.545. The second-order valence-electron chi connectivity index (χ2n) is 10.6. The number of aromatic nitrogens is 1. The van der Waals surface area contributed by atoms with Gasteiger partial charge in [0.2, 0.25) is 0 Å². The van der Waals surface area contributed by atoms with Gasteiger partial charge in [-0.1, -0.05) is 98.2 Å². The molecule has 0 spiro atoms. The van der Waals surface area contributed by atoms with Crippen LogP contribution in [0.25, 0.3) is 11.1 Å². The van der Waals surface area contributed by atoms with Crippen molar-refractivity contribution in [2.24, 2.45) is 10.9 Å². The SMILES string of the molecule is C=C(/C=C(\C)NCc1cccnc1)C(CCCC)CCCc1ccc(-c2ccccc2)cc1.CN=CC(Br)=C(C)C. The van der Waals surface area contributed by atoms with Crippen LogP contribution in [0.1, 0.15) is 70.9 Å². The Morgan fingerprint density at radius 3 is 2.20 bits per heavy atom. The molecule has 1 heterocycles. The highest BCUT2D eigenvalue weighted by Gasteiger charge is 2.11. The second-order valence-corrected chi connectivity index (χ2v) is 11.5. The van der Waals surface area contributed by atoms with E-state index in [1.807, 2.05) is 32.3 Å². The molecule has 3 rings (SSSR count). The predicted octanol–water partition coefficient (Wildman–Crippen LogP) is 10.5. The molecule has 2 aromatic carbocycles. The average molecular weight is 615 g/mol. The molecule has 0 saturated carbocycles. The summed E-state index contributed by atoms with van der Waals surface area (Å²) in [6.07, 6.45) is 14.9. The van der Waals surface area contributed by atoms with E-state index in [4.69, 9.17) is 0 Å². The van der Waals surface area contributed by atoms with Crippen LogP contribution in [0.4, 0.5) is 0 Å². The topological polar surface area (TPSA) is 37.3 Å². The van der Waals surface area contributed by atoms with Gasteiger partial charge in [-0.2, -0.15) is 0 Å². The van der Waals surface area contributed by atoms with Crippen molar-refractivity contribution in [1.29, 1.82) is 0 Å². The van der Waals surface area contributed by atoms with Crippen molar-refractivity contribution in [2.45, 2.75) is 72.8 Å². The molecule has 1 unspecified atom stereocenters. The molecular formula is C37H48BrN3. The van der Waals surface area contributed by atoms with Crippen molar-refractivity contribution >= 4 is 22.1 Å². The van der Waals surface area contributed by atoms with Gasteiger partial charge in [0.15, 0.2) is 0 Å². The maximum Gasteiger partial charge on any atom is 0.0412 e. The number of aryl methyl sites for hydroxylation is 1. The molecule has 41 heavy (non-hydrogen) atoms. The monoisotopic (exact) mass is 613 g/mol. The molecule has 0 amide bonds. The molecule has 1 aromatic heterocycles. The van der Waals surface area contributed by atoms with Gasteiger partial charge in [-0.25, -0.2) is 0 Å². The fraction of sp³-hybridized carbons (Fsp3) is 0.351. The molecule has 0 fully saturated rings. The van der Waals surface area contributed by atoms with Gasteiger partial charge < -0.3 is 5.32 Å². The van der Waals surface area contributed by atoms with Crippen molar-refractivity contribution < 1.29 is 0 Å². The third-order valence-electron chi connectivity index (χ3n) is 6.93. The van der Waals surface area contributed by atoms with Crippen LogP contribution in [0.3, 0.4) is 0 Å². The zero-order valence-electron chi connectivity index (χ0n) is 25.7. The summed E-state index contributed by atoms with van der Waals surface area (Å²) in [4.78, 5) is 8.01. The number of halogens is 1. The molecule has 1 N–H and O–H groups in total. The highest BCUT2D eigenvalue weighted by molar-refractivity contribution is 9.12. The average Bonchev–Trinajstić information content (AvgIpc) is 2.99. The third kappa shape index (κ3) is 13.8. The Bertz CT molecular complexity index is 1240. The van der Waals surface area contributed by atoms with E-state index in [1.165, 1.54) is 71.2 Å². The lowest BCUT2D eigenvalue weighted by Gasteiger charge is -2.18. The van der Waals surface area contributed by atoms with Crippen molar-refractivity contribution in [3.63, 3.8) is 0 Å². The summed E-state index contributed by atoms with van der Waals surface area (Å²) in [5.41, 5.74) is 8.83. The summed E-state index contributed by atoms with van der Waals surface area (Å²) >= 11 is 3.33. The molecule has 0 radical (unpaired) electrons. The number of allylic oxidation sites excluding steroid dienone is 5. The Kier molecular flexibility index (Phi) is 16.4. The molecule has 0 bridgehead atoms. The number of nitrogens with one attached hydrogen (secondary N) is 1. The number of unbranched alkanes of at least 4 members (excludes halogenated alkanes) is 1. The fourth-order valence-electron chi connectivity index (χ4n) is 4.45. The minimum Gasteiger partial charge on any atom is -0.384 e. The van der Waals surface area contributed by atoms with Crippen LogP contribution in [0, 0.1) is 5.92 Å². The minimum atomic E-state index is 0.545. The van der Waals surface area contributed by atoms with Gasteiger partial charge in [-0.15, -0.1) is 0 Å². The molecule has 218 valence electrons. The van der Waals surface area contributed by atoms with Gasteiger partial charge in [0.05, 0.1) is 0 Å². The van der Waals surface area contributed by atoms with E-state index in [2.05, 4.69) is 118 Å². The summed E-state index contributed by atoms with van der Waals surface area (Å²) in [6, 6.07) is 23.7. The Morgan fingerprint density at radius 1 is 0.927 bits per heavy atom. The summed E-state index contributed by atoms with van der Waals surface area (Å²) in [5, 5.41) is 3.50. The van der Waals surface area contributed by atoms with Gasteiger partial charge in [0.1, 0.15) is 0 Å². The largest absolute Gasteiger partial charge is 0.384 e. The molecule has 3 nitrogen and oxygen atoms in total. The smallest absolute Gasteiger partial charge is 0.0412 e. The van der Waals surface area contributed by atoms with E-state index in [0.717, 1.165) is 17.4 Å². The molecule has 3 aromatic rings. The number of benzene rings is 2. The first-order valence-electron chi connectivity index (χ1n) is 14.7. The molecule has 0 aliphatic carbocycles. The van der Waals surface area contributed by atoms with Crippen LogP contribution < -0.4 is 5.32 Å². The zero-order valence-corrected chi connectivity index (χ0v) is 27.3. The Labute approximate surface area is 257 Å². The number of hydrogen-bond donors (Lipinski definition) is 1. The first kappa shape index (κ1) is 34.0. The summed E-state index contributed by atoms with van der Waals surface area (Å²) in [6.45, 7) is 13.7. The molecule has 0 aliphatic rings. The Balaban J connectivity index is 0.000000642. The predicted molar refractivity (Wildman–Crippen MR) is 184 cm³/mol. The first-order valence-corrected chi connectivity index (χ1v) is 15.5. The van der Waals surface area contributed by atoms with Crippen LogP contribution in [-0.4, -0.2) is 18.2 Å². The lowest BCUT2D eigenvalue weighted by Crippen LogP contribution is -2.12. The van der Waals surface area contributed by atoms with Crippen LogP contribution >= 0.6 is 15.9 Å². The molecular weight excluding hydrogens is 566 g/mol. The fourth-order valence-corrected chi connectivity index (χ4v) is 4.65. The van der Waals surface area contributed by atoms with Crippen LogP contribution in [0.15, 0.2) is 118 Å². The van der Waals surface area contributed by atoms with Gasteiger partial charge >= 0.3 is 0 Å². The first-order chi connectivity index (χ1) is 19.8. The van der Waals surface area contributed by atoms with Crippen LogP contribution in [-0.2, 0) is 13.0 Å². The van der Waals surface area contributed by atoms with Gasteiger partial charge in [-0.05, 0) is 103 Å². The molecule has 0 saturated heterocycles. The molecule has 0 aliphatic heterocycles. The van der Waals surface area contributed by atoms with Crippen molar-refractivity contribution in [2.75, 3.05) is 7.05 Å². The highest BCUT2D eigenvalue weighted by Crippen LogP contribution is 2.26. The molecule has 1 atom stereocenters. The maximum absolute atomic E-state index is 4.45. The van der Waals surface area contributed by atoms with E-state index in [9.17, 15) is 0 Å². The van der Waals surface area contributed by atoms with Crippen molar-refractivity contribution in [3.05, 3.63) is 124 Å². The quantitative estimate of drug-likeness (QED) is 0.145. The van der Waals surface area contributed by atoms with Crippen LogP contribution in [0.5, 0.6) is 0 Å². The summed E-state index contributed by atoms with van der Waals surface area (Å²) < 4.78 is 1.07. The van der Waals surface area contributed by atoms with E-state index in [1.54, 1.807) is 13.3 Å². The van der Waals surface area contributed by atoms with Crippen molar-refractivity contribution in [3.8, 4) is 11.1 Å². The number of rotatable bonds is 14. The molecule has 4 heteroatoms. The van der Waals surface area contributed by atoms with Crippen molar-refractivity contribution in [1.82, 2.24) is 10.3 Å². The summed E-state index contributed by atoms with van der Waals surface area (Å²) in [7, 11) is 1.75. The van der Waals surface area contributed by atoms with E-state index in [0.29, 0.717) is 5.92 Å². The number of nitrogens with zero attached hydrogens (tertiary/aromatic N) is 2. The lowest BCUT2D eigenvalue weighted by atomic mass is 9.88. The highest BCUT2D eigenvalue weighted by atomic mass is 79.9. The Hall–Kier alpha value is -3.24. The third-order valence-corrected chi connectivity index (χ3v) is 7.92. The van der Waals surface area contributed by atoms with Gasteiger partial charge in [0, 0.05) is 42.4 Å². The lowest BCUT2D eigenvalue weighted by molar-refractivity contribution is 0.486. The number of pyridine rings is 1. The Morgan fingerprint density at radius 2 is 1.61 bits per heavy atom. The number of hydrogen-bond acceptors (Lipinski definition) is 3. The van der Waals surface area contributed by atoms with Gasteiger partial charge in [0.25, 0.3) is 0 Å². The maximum atomic E-state index is 4.45. The standard InChI is InChI=1S/C31H38N2.C6H10BrN/c1-4-5-13-29(25(2)22-26(3)33-24-28-12-10-21-32-23-28)16-9-11-27-17-19-31(20-18-27)30-14-7-6-8-15-30;1-5(2)6(7)4-8-3/h6-8,10,12,14-15,17-23,29,33H,2,4-5,9,11,13,16,24H2,1,3H3;4H,1-3H3/b26-22+;. The normalized spacial score (nSPS) is 11.9. The van der Waals surface area contributed by atoms with Crippen LogP contribution in [0.2, 0.25) is 0 Å². The minimum absolute atomic E-state index is 0.545. The number of aliphatic imine (C=N–C) groups is 1. The van der Waals surface area contributed by atoms with E-state index < -0.39 is 0 Å².